The summed E-state index contributed by atoms with van der Waals surface area (Å²) in [6, 6.07) is 7.97. The first kappa shape index (κ1) is 20.1. The number of aromatic nitrogens is 1. The molecule has 146 valence electrons. The van der Waals surface area contributed by atoms with Crippen molar-refractivity contribution in [2.75, 3.05) is 13.2 Å². The van der Waals surface area contributed by atoms with E-state index in [-0.39, 0.29) is 16.3 Å². The molecule has 0 aliphatic heterocycles. The normalized spacial score (nSPS) is 11.9. The molecule has 0 N–H and O–H groups in total. The van der Waals surface area contributed by atoms with Crippen LogP contribution in [0.3, 0.4) is 0 Å². The average molecular weight is 424 g/mol. The van der Waals surface area contributed by atoms with Crippen LogP contribution in [0, 0.1) is 15.9 Å². The third-order valence-corrected chi connectivity index (χ3v) is 5.17. The third-order valence-electron chi connectivity index (χ3n) is 3.89. The highest BCUT2D eigenvalue weighted by molar-refractivity contribution is 7.16. The van der Waals surface area contributed by atoms with Crippen LogP contribution in [0.25, 0.3) is 10.2 Å². The lowest BCUT2D eigenvalue weighted by Gasteiger charge is -2.05. The van der Waals surface area contributed by atoms with Crippen molar-refractivity contribution in [2.45, 2.75) is 13.5 Å². The molecule has 0 fully saturated rings. The van der Waals surface area contributed by atoms with Gasteiger partial charge >= 0.3 is 0 Å². The molecule has 1 amide bonds. The number of nitrogens with zero attached hydrogens (tertiary/aromatic N) is 3. The molecule has 28 heavy (non-hydrogen) atoms. The lowest BCUT2D eigenvalue weighted by molar-refractivity contribution is -0.385. The summed E-state index contributed by atoms with van der Waals surface area (Å²) >= 11 is 7.00. The summed E-state index contributed by atoms with van der Waals surface area (Å²) in [5.41, 5.74) is 0.0990. The number of carbonyl (C=O) groups is 1. The maximum Gasteiger partial charge on any atom is 0.286 e. The third kappa shape index (κ3) is 4.27. The van der Waals surface area contributed by atoms with Gasteiger partial charge in [0.15, 0.2) is 4.80 Å². The average Bonchev–Trinajstić information content (AvgIpc) is 2.97. The van der Waals surface area contributed by atoms with Gasteiger partial charge in [-0.2, -0.15) is 4.99 Å². The van der Waals surface area contributed by atoms with Gasteiger partial charge in [0.1, 0.15) is 11.4 Å². The van der Waals surface area contributed by atoms with Gasteiger partial charge in [0.2, 0.25) is 0 Å². The van der Waals surface area contributed by atoms with Crippen LogP contribution in [0.15, 0.2) is 41.4 Å². The number of fused-ring (bicyclic) bond motifs is 1. The molecule has 0 aliphatic rings. The van der Waals surface area contributed by atoms with Crippen LogP contribution in [-0.2, 0) is 11.3 Å². The first-order valence-corrected chi connectivity index (χ1v) is 9.49. The molecule has 0 atom stereocenters. The smallest absolute Gasteiger partial charge is 0.286 e. The summed E-state index contributed by atoms with van der Waals surface area (Å²) in [6.45, 7) is 3.15. The van der Waals surface area contributed by atoms with Gasteiger partial charge < -0.3 is 9.30 Å². The molecule has 1 aromatic heterocycles. The number of hydrogen-bond acceptors (Lipinski definition) is 5. The fourth-order valence-electron chi connectivity index (χ4n) is 2.63. The summed E-state index contributed by atoms with van der Waals surface area (Å²) in [5, 5.41) is 11.4. The Kier molecular flexibility index (Phi) is 6.18. The van der Waals surface area contributed by atoms with Crippen LogP contribution in [-0.4, -0.2) is 28.6 Å². The van der Waals surface area contributed by atoms with Crippen LogP contribution in [0.5, 0.6) is 0 Å². The number of amides is 1. The predicted molar refractivity (Wildman–Crippen MR) is 104 cm³/mol. The van der Waals surface area contributed by atoms with Crippen LogP contribution in [0.1, 0.15) is 17.3 Å². The molecule has 0 saturated carbocycles. The number of carbonyl (C=O) groups excluding carboxylic acids is 1. The van der Waals surface area contributed by atoms with Gasteiger partial charge in [-0.15, -0.1) is 0 Å². The van der Waals surface area contributed by atoms with Crippen molar-refractivity contribution in [1.29, 1.82) is 0 Å². The fourth-order valence-corrected chi connectivity index (χ4v) is 3.89. The van der Waals surface area contributed by atoms with E-state index >= 15 is 0 Å². The Hall–Kier alpha value is -2.62. The highest BCUT2D eigenvalue weighted by Crippen LogP contribution is 2.24. The molecule has 0 saturated heterocycles. The number of benzene rings is 2. The molecular formula is C18H15ClFN3O4S. The summed E-state index contributed by atoms with van der Waals surface area (Å²) in [5.74, 6) is -1.21. The number of hydrogen-bond donors (Lipinski definition) is 0. The monoisotopic (exact) mass is 423 g/mol. The van der Waals surface area contributed by atoms with Gasteiger partial charge in [-0.05, 0) is 37.3 Å². The summed E-state index contributed by atoms with van der Waals surface area (Å²) in [7, 11) is 0. The molecule has 0 aliphatic carbocycles. The maximum atomic E-state index is 13.6. The Balaban J connectivity index is 2.13. The molecule has 0 radical (unpaired) electrons. The quantitative estimate of drug-likeness (QED) is 0.338. The summed E-state index contributed by atoms with van der Waals surface area (Å²) in [4.78, 5) is 27.6. The minimum Gasteiger partial charge on any atom is -0.380 e. The van der Waals surface area contributed by atoms with Crippen molar-refractivity contribution in [3.8, 4) is 0 Å². The second-order valence-corrected chi connectivity index (χ2v) is 7.13. The SMILES string of the molecule is CCOCCn1c(=NC(=O)c2cc(Cl)ccc2[N+](=O)[O-])sc2cc(F)ccc21. The number of halogens is 2. The maximum absolute atomic E-state index is 13.6. The minimum atomic E-state index is -0.800. The molecule has 0 unspecified atom stereocenters. The number of nitro groups is 1. The molecule has 0 bridgehead atoms. The van der Waals surface area contributed by atoms with Gasteiger partial charge in [-0.3, -0.25) is 14.9 Å². The lowest BCUT2D eigenvalue weighted by atomic mass is 10.2. The van der Waals surface area contributed by atoms with Crippen molar-refractivity contribution in [2.24, 2.45) is 4.99 Å². The standard InChI is InChI=1S/C18H15ClFN3O4S/c1-2-27-8-7-22-15-6-4-12(20)10-16(15)28-18(22)21-17(24)13-9-11(19)3-5-14(13)23(25)26/h3-6,9-10H,2,7-8H2,1H3. The topological polar surface area (TPSA) is 86.7 Å². The van der Waals surface area contributed by atoms with E-state index in [0.29, 0.717) is 34.8 Å². The van der Waals surface area contributed by atoms with E-state index in [0.717, 1.165) is 17.4 Å². The van der Waals surface area contributed by atoms with Crippen LogP contribution in [0.2, 0.25) is 5.02 Å². The van der Waals surface area contributed by atoms with Crippen molar-refractivity contribution in [3.05, 3.63) is 67.7 Å². The van der Waals surface area contributed by atoms with E-state index in [9.17, 15) is 19.3 Å². The molecule has 0 spiro atoms. The van der Waals surface area contributed by atoms with Crippen molar-refractivity contribution >= 4 is 44.7 Å². The van der Waals surface area contributed by atoms with Crippen molar-refractivity contribution in [3.63, 3.8) is 0 Å². The zero-order valence-corrected chi connectivity index (χ0v) is 16.3. The van der Waals surface area contributed by atoms with E-state index in [2.05, 4.69) is 4.99 Å². The molecular weight excluding hydrogens is 409 g/mol. The van der Waals surface area contributed by atoms with Gasteiger partial charge in [0.05, 0.1) is 21.7 Å². The first-order valence-electron chi connectivity index (χ1n) is 8.30. The van der Waals surface area contributed by atoms with Gasteiger partial charge in [0, 0.05) is 24.2 Å². The molecule has 1 heterocycles. The van der Waals surface area contributed by atoms with Gasteiger partial charge in [-0.1, -0.05) is 22.9 Å². The summed E-state index contributed by atoms with van der Waals surface area (Å²) in [6.07, 6.45) is 0. The van der Waals surface area contributed by atoms with E-state index in [1.54, 1.807) is 10.6 Å². The second kappa shape index (κ2) is 8.59. The van der Waals surface area contributed by atoms with Crippen molar-refractivity contribution in [1.82, 2.24) is 4.57 Å². The molecule has 3 aromatic rings. The predicted octanol–water partition coefficient (Wildman–Crippen LogP) is 4.18. The van der Waals surface area contributed by atoms with Crippen LogP contribution >= 0.6 is 22.9 Å². The summed E-state index contributed by atoms with van der Waals surface area (Å²) < 4.78 is 21.3. The zero-order valence-electron chi connectivity index (χ0n) is 14.7. The van der Waals surface area contributed by atoms with Gasteiger partial charge in [0.25, 0.3) is 11.6 Å². The highest BCUT2D eigenvalue weighted by atomic mass is 35.5. The second-order valence-electron chi connectivity index (χ2n) is 5.68. The Bertz CT molecular complexity index is 1130. The molecule has 3 rings (SSSR count). The Morgan fingerprint density at radius 3 is 2.86 bits per heavy atom. The number of nitro benzene ring substituents is 1. The van der Waals surface area contributed by atoms with E-state index in [4.69, 9.17) is 16.3 Å². The number of ether oxygens (including phenoxy) is 1. The van der Waals surface area contributed by atoms with Crippen LogP contribution < -0.4 is 4.80 Å². The Labute approximate surface area is 167 Å². The largest absolute Gasteiger partial charge is 0.380 e. The van der Waals surface area contributed by atoms with Crippen LogP contribution in [0.4, 0.5) is 10.1 Å². The van der Waals surface area contributed by atoms with Gasteiger partial charge in [-0.25, -0.2) is 4.39 Å². The molecule has 10 heteroatoms. The zero-order chi connectivity index (χ0) is 20.3. The highest BCUT2D eigenvalue weighted by Gasteiger charge is 2.20. The number of thiazole rings is 1. The fraction of sp³-hybridized carbons (Fsp3) is 0.222. The minimum absolute atomic E-state index is 0.187. The molecule has 7 nitrogen and oxygen atoms in total. The molecule has 2 aromatic carbocycles. The lowest BCUT2D eigenvalue weighted by Crippen LogP contribution is -2.20. The first-order chi connectivity index (χ1) is 13.4. The Morgan fingerprint density at radius 2 is 2.14 bits per heavy atom. The van der Waals surface area contributed by atoms with E-state index in [1.807, 2.05) is 6.92 Å². The Morgan fingerprint density at radius 1 is 1.36 bits per heavy atom. The van der Waals surface area contributed by atoms with E-state index < -0.39 is 16.6 Å². The number of rotatable bonds is 6. The van der Waals surface area contributed by atoms with E-state index in [1.165, 1.54) is 24.3 Å². The van der Waals surface area contributed by atoms with Crippen molar-refractivity contribution < 1.29 is 18.8 Å².